The summed E-state index contributed by atoms with van der Waals surface area (Å²) in [5.41, 5.74) is 2.03. The lowest BCUT2D eigenvalue weighted by atomic mass is 9.89. The molecule has 0 bridgehead atoms. The maximum Gasteiger partial charge on any atom is 0.312 e. The first kappa shape index (κ1) is 38.8. The predicted octanol–water partition coefficient (Wildman–Crippen LogP) is 6.83. The molecule has 262 valence electrons. The molecule has 2 aromatic carbocycles. The predicted molar refractivity (Wildman–Crippen MR) is 185 cm³/mol. The number of amides is 1. The lowest BCUT2D eigenvalue weighted by molar-refractivity contribution is -0.272. The quantitative estimate of drug-likeness (QED) is 0.153. The molecule has 47 heavy (non-hydrogen) atoms. The highest BCUT2D eigenvalue weighted by atomic mass is 28.4. The highest BCUT2D eigenvalue weighted by Gasteiger charge is 2.56. The minimum atomic E-state index is -2.21. The number of benzene rings is 2. The third-order valence-corrected chi connectivity index (χ3v) is 15.3. The zero-order valence-electron chi connectivity index (χ0n) is 30.0. The summed E-state index contributed by atoms with van der Waals surface area (Å²) in [5, 5.41) is 13.0. The Morgan fingerprint density at radius 3 is 1.72 bits per heavy atom. The SMILES string of the molecule is CON1C(=O)[C@H](OC(=O)C(C)(C)C)[C@@H](OCc2ccccc2)[C@H](OCc2ccccc2)[C@H]1[C@@H](O)CCO[Si](C(C)C)(C(C)C)C(C)C. The number of ether oxygens (including phenoxy) is 3. The molecule has 0 aromatic heterocycles. The first-order chi connectivity index (χ1) is 22.1. The average molecular weight is 672 g/mol. The average Bonchev–Trinajstić information content (AvgIpc) is 3.02. The highest BCUT2D eigenvalue weighted by Crippen LogP contribution is 2.42. The molecule has 1 amide bonds. The van der Waals surface area contributed by atoms with E-state index in [1.807, 2.05) is 60.7 Å². The number of rotatable bonds is 16. The van der Waals surface area contributed by atoms with Gasteiger partial charge in [-0.05, 0) is 54.9 Å². The van der Waals surface area contributed by atoms with Crippen LogP contribution in [0.3, 0.4) is 0 Å². The van der Waals surface area contributed by atoms with Crippen LogP contribution in [0.2, 0.25) is 16.6 Å². The third kappa shape index (κ3) is 9.52. The first-order valence-corrected chi connectivity index (χ1v) is 19.0. The van der Waals surface area contributed by atoms with E-state index in [0.717, 1.165) is 16.2 Å². The highest BCUT2D eigenvalue weighted by molar-refractivity contribution is 6.77. The molecule has 1 fully saturated rings. The smallest absolute Gasteiger partial charge is 0.312 e. The summed E-state index contributed by atoms with van der Waals surface area (Å²) >= 11 is 0. The van der Waals surface area contributed by atoms with Gasteiger partial charge >= 0.3 is 5.97 Å². The zero-order chi connectivity index (χ0) is 34.9. The maximum atomic E-state index is 14.1. The fraction of sp³-hybridized carbons (Fsp3) is 0.622. The van der Waals surface area contributed by atoms with Crippen LogP contribution in [0.4, 0.5) is 0 Å². The van der Waals surface area contributed by atoms with Gasteiger partial charge in [0.2, 0.25) is 6.10 Å². The van der Waals surface area contributed by atoms with Gasteiger partial charge in [-0.1, -0.05) is 102 Å². The van der Waals surface area contributed by atoms with Crippen LogP contribution in [0.1, 0.15) is 79.9 Å². The van der Waals surface area contributed by atoms with Crippen LogP contribution in [0.25, 0.3) is 0 Å². The van der Waals surface area contributed by atoms with Gasteiger partial charge in [0.15, 0.2) is 8.32 Å². The Bertz CT molecular complexity index is 1230. The van der Waals surface area contributed by atoms with Crippen molar-refractivity contribution in [1.29, 1.82) is 0 Å². The van der Waals surface area contributed by atoms with Crippen LogP contribution < -0.4 is 0 Å². The monoisotopic (exact) mass is 671 g/mol. The Morgan fingerprint density at radius 2 is 1.30 bits per heavy atom. The van der Waals surface area contributed by atoms with Crippen molar-refractivity contribution in [2.75, 3.05) is 13.7 Å². The van der Waals surface area contributed by atoms with E-state index in [4.69, 9.17) is 23.5 Å². The second-order valence-electron chi connectivity index (χ2n) is 14.5. The maximum absolute atomic E-state index is 14.1. The molecule has 0 aliphatic carbocycles. The second kappa shape index (κ2) is 17.2. The standard InChI is InChI=1S/C37H57NO8Si/c1-25(2)47(26(3)4,27(5)6)45-22-21-30(39)31-32(43-23-28-17-13-11-14-18-28)33(44-24-29-19-15-12-16-20-29)34(35(40)38(31)42-10)46-36(41)37(7,8)9/h11-20,25-27,30-34,39H,21-24H2,1-10H3/t30-,31+,32+,33-,34+/m0/s1. The molecule has 0 saturated carbocycles. The normalized spacial score (nSPS) is 21.5. The Kier molecular flexibility index (Phi) is 14.2. The van der Waals surface area contributed by atoms with Crippen molar-refractivity contribution in [3.63, 3.8) is 0 Å². The molecule has 1 saturated heterocycles. The van der Waals surface area contributed by atoms with Gasteiger partial charge in [0.05, 0.1) is 31.8 Å². The molecule has 0 radical (unpaired) electrons. The van der Waals surface area contributed by atoms with E-state index in [1.165, 1.54) is 7.11 Å². The van der Waals surface area contributed by atoms with E-state index in [9.17, 15) is 14.7 Å². The lowest BCUT2D eigenvalue weighted by Gasteiger charge is -2.48. The van der Waals surface area contributed by atoms with Crippen molar-refractivity contribution in [1.82, 2.24) is 5.06 Å². The molecule has 3 rings (SSSR count). The van der Waals surface area contributed by atoms with Crippen LogP contribution in [0, 0.1) is 5.41 Å². The summed E-state index contributed by atoms with van der Waals surface area (Å²) in [4.78, 5) is 33.0. The van der Waals surface area contributed by atoms with Gasteiger partial charge < -0.3 is 23.7 Å². The molecular weight excluding hydrogens is 614 g/mol. The summed E-state index contributed by atoms with van der Waals surface area (Å²) in [6.07, 6.45) is -4.19. The summed E-state index contributed by atoms with van der Waals surface area (Å²) in [5.74, 6) is -1.19. The van der Waals surface area contributed by atoms with E-state index in [1.54, 1.807) is 20.8 Å². The minimum absolute atomic E-state index is 0.137. The van der Waals surface area contributed by atoms with Gasteiger partial charge in [0, 0.05) is 6.61 Å². The van der Waals surface area contributed by atoms with Crippen molar-refractivity contribution < 1.29 is 38.2 Å². The number of nitrogens with zero attached hydrogens (tertiary/aromatic N) is 1. The summed E-state index contributed by atoms with van der Waals surface area (Å²) in [7, 11) is -0.841. The molecule has 9 nitrogen and oxygen atoms in total. The van der Waals surface area contributed by atoms with Crippen molar-refractivity contribution in [2.45, 2.75) is 129 Å². The van der Waals surface area contributed by atoms with E-state index in [0.29, 0.717) is 23.2 Å². The van der Waals surface area contributed by atoms with Crippen LogP contribution in [-0.2, 0) is 46.3 Å². The van der Waals surface area contributed by atoms with Crippen molar-refractivity contribution >= 4 is 20.2 Å². The molecule has 2 aromatic rings. The van der Waals surface area contributed by atoms with Crippen LogP contribution >= 0.6 is 0 Å². The first-order valence-electron chi connectivity index (χ1n) is 16.9. The number of aliphatic hydroxyl groups excluding tert-OH is 1. The largest absolute Gasteiger partial charge is 0.449 e. The summed E-state index contributed by atoms with van der Waals surface area (Å²) in [6.45, 7) is 19.1. The van der Waals surface area contributed by atoms with Gasteiger partial charge in [-0.2, -0.15) is 0 Å². The Hall–Kier alpha value is -2.60. The van der Waals surface area contributed by atoms with Crippen LogP contribution in [0.5, 0.6) is 0 Å². The molecule has 5 atom stereocenters. The fourth-order valence-corrected chi connectivity index (χ4v) is 12.3. The fourth-order valence-electron chi connectivity index (χ4n) is 6.85. The summed E-state index contributed by atoms with van der Waals surface area (Å²) in [6, 6.07) is 18.2. The van der Waals surface area contributed by atoms with E-state index < -0.39 is 56.1 Å². The van der Waals surface area contributed by atoms with Gasteiger partial charge in [-0.15, -0.1) is 0 Å². The number of carbonyl (C=O) groups is 2. The zero-order valence-corrected chi connectivity index (χ0v) is 31.0. The molecule has 1 aliphatic heterocycles. The van der Waals surface area contributed by atoms with Crippen molar-refractivity contribution in [2.24, 2.45) is 5.41 Å². The number of aliphatic hydroxyl groups is 1. The van der Waals surface area contributed by atoms with Gasteiger partial charge in [0.1, 0.15) is 18.2 Å². The number of hydrogen-bond acceptors (Lipinski definition) is 8. The molecule has 1 aliphatic rings. The van der Waals surface area contributed by atoms with E-state index in [2.05, 4.69) is 41.5 Å². The molecular formula is C37H57NO8Si. The number of esters is 1. The number of carbonyl (C=O) groups excluding carboxylic acids is 2. The van der Waals surface area contributed by atoms with Crippen molar-refractivity contribution in [3.05, 3.63) is 71.8 Å². The number of hydroxylamine groups is 2. The summed E-state index contributed by atoms with van der Waals surface area (Å²) < 4.78 is 25.7. The molecule has 1 heterocycles. The molecule has 1 N–H and O–H groups in total. The Balaban J connectivity index is 2.02. The van der Waals surface area contributed by atoms with Crippen LogP contribution in [0.15, 0.2) is 60.7 Å². The molecule has 10 heteroatoms. The number of hydrogen-bond donors (Lipinski definition) is 1. The minimum Gasteiger partial charge on any atom is -0.449 e. The second-order valence-corrected chi connectivity index (χ2v) is 19.9. The topological polar surface area (TPSA) is 104 Å². The number of piperidine rings is 1. The molecule has 0 unspecified atom stereocenters. The van der Waals surface area contributed by atoms with Gasteiger partial charge in [-0.3, -0.25) is 14.4 Å². The third-order valence-electron chi connectivity index (χ3n) is 9.17. The Morgan fingerprint density at radius 1 is 0.830 bits per heavy atom. The Labute approximate surface area is 283 Å². The van der Waals surface area contributed by atoms with Crippen LogP contribution in [-0.4, -0.2) is 74.5 Å². The molecule has 0 spiro atoms. The van der Waals surface area contributed by atoms with E-state index in [-0.39, 0.29) is 19.6 Å². The van der Waals surface area contributed by atoms with E-state index >= 15 is 0 Å². The van der Waals surface area contributed by atoms with Gasteiger partial charge in [-0.25, -0.2) is 5.06 Å². The van der Waals surface area contributed by atoms with Crippen molar-refractivity contribution in [3.8, 4) is 0 Å². The lowest BCUT2D eigenvalue weighted by Crippen LogP contribution is -2.69. The van der Waals surface area contributed by atoms with Gasteiger partial charge in [0.25, 0.3) is 5.91 Å².